The van der Waals surface area contributed by atoms with Crippen molar-refractivity contribution in [2.24, 2.45) is 11.5 Å². The van der Waals surface area contributed by atoms with Gasteiger partial charge in [0.2, 0.25) is 0 Å². The Morgan fingerprint density at radius 3 is 2.62 bits per heavy atom. The molecule has 88 valence electrons. The van der Waals surface area contributed by atoms with E-state index in [1.165, 1.54) is 36.0 Å². The van der Waals surface area contributed by atoms with Crippen molar-refractivity contribution < 1.29 is 0 Å². The average Bonchev–Trinajstić information content (AvgIpc) is 2.61. The van der Waals surface area contributed by atoms with E-state index in [4.69, 9.17) is 11.5 Å². The molecule has 4 N–H and O–H groups in total. The van der Waals surface area contributed by atoms with Crippen LogP contribution in [0.3, 0.4) is 0 Å². The highest BCUT2D eigenvalue weighted by Crippen LogP contribution is 2.27. The van der Waals surface area contributed by atoms with Gasteiger partial charge in [-0.3, -0.25) is 0 Å². The molecule has 0 aliphatic heterocycles. The first-order valence-electron chi connectivity index (χ1n) is 6.12. The van der Waals surface area contributed by atoms with E-state index >= 15 is 0 Å². The molecule has 0 radical (unpaired) electrons. The SMILES string of the molecule is CC(C)(N)CC(N)c1ccc2c(c1)CCC2. The molecule has 1 aliphatic rings. The topological polar surface area (TPSA) is 52.0 Å². The van der Waals surface area contributed by atoms with Gasteiger partial charge in [0, 0.05) is 11.6 Å². The predicted molar refractivity (Wildman–Crippen MR) is 68.3 cm³/mol. The van der Waals surface area contributed by atoms with Gasteiger partial charge in [0.1, 0.15) is 0 Å². The Labute approximate surface area is 98.0 Å². The number of hydrogen-bond acceptors (Lipinski definition) is 2. The molecule has 2 rings (SSSR count). The summed E-state index contributed by atoms with van der Waals surface area (Å²) < 4.78 is 0. The molecule has 2 nitrogen and oxygen atoms in total. The molecule has 16 heavy (non-hydrogen) atoms. The van der Waals surface area contributed by atoms with Gasteiger partial charge in [0.15, 0.2) is 0 Å². The van der Waals surface area contributed by atoms with Gasteiger partial charge in [0.25, 0.3) is 0 Å². The van der Waals surface area contributed by atoms with Crippen molar-refractivity contribution in [3.8, 4) is 0 Å². The fourth-order valence-electron chi connectivity index (χ4n) is 2.51. The molecule has 0 saturated heterocycles. The van der Waals surface area contributed by atoms with Gasteiger partial charge >= 0.3 is 0 Å². The van der Waals surface area contributed by atoms with E-state index in [1.54, 1.807) is 0 Å². The van der Waals surface area contributed by atoms with E-state index in [1.807, 2.05) is 13.8 Å². The number of fused-ring (bicyclic) bond motifs is 1. The van der Waals surface area contributed by atoms with Crippen molar-refractivity contribution >= 4 is 0 Å². The lowest BCUT2D eigenvalue weighted by Gasteiger charge is -2.23. The number of nitrogens with two attached hydrogens (primary N) is 2. The minimum absolute atomic E-state index is 0.0610. The van der Waals surface area contributed by atoms with Crippen LogP contribution in [-0.2, 0) is 12.8 Å². The van der Waals surface area contributed by atoms with Crippen LogP contribution in [0, 0.1) is 0 Å². The summed E-state index contributed by atoms with van der Waals surface area (Å²) in [6.45, 7) is 4.06. The van der Waals surface area contributed by atoms with Crippen molar-refractivity contribution in [1.29, 1.82) is 0 Å². The standard InChI is InChI=1S/C14H22N2/c1-14(2,16)9-13(15)12-7-6-10-4-3-5-11(10)8-12/h6-8,13H,3-5,9,15-16H2,1-2H3. The van der Waals surface area contributed by atoms with Crippen LogP contribution in [0.4, 0.5) is 0 Å². The maximum atomic E-state index is 6.20. The Morgan fingerprint density at radius 2 is 1.94 bits per heavy atom. The zero-order valence-electron chi connectivity index (χ0n) is 10.3. The highest BCUT2D eigenvalue weighted by Gasteiger charge is 2.19. The number of aryl methyl sites for hydroxylation is 2. The summed E-state index contributed by atoms with van der Waals surface area (Å²) in [5, 5.41) is 0. The minimum atomic E-state index is -0.196. The molecule has 0 bridgehead atoms. The molecule has 0 heterocycles. The van der Waals surface area contributed by atoms with Crippen molar-refractivity contribution in [1.82, 2.24) is 0 Å². The second-order valence-corrected chi connectivity index (χ2v) is 5.68. The Hall–Kier alpha value is -0.860. The van der Waals surface area contributed by atoms with Crippen LogP contribution in [0.15, 0.2) is 18.2 Å². The molecule has 0 saturated carbocycles. The Kier molecular flexibility index (Phi) is 3.04. The maximum absolute atomic E-state index is 6.20. The molecular weight excluding hydrogens is 196 g/mol. The lowest BCUT2D eigenvalue weighted by Crippen LogP contribution is -2.35. The van der Waals surface area contributed by atoms with Crippen LogP contribution >= 0.6 is 0 Å². The first-order chi connectivity index (χ1) is 7.46. The second-order valence-electron chi connectivity index (χ2n) is 5.68. The fraction of sp³-hybridized carbons (Fsp3) is 0.571. The normalized spacial score (nSPS) is 17.2. The van der Waals surface area contributed by atoms with E-state index < -0.39 is 0 Å². The van der Waals surface area contributed by atoms with Crippen LogP contribution in [0.2, 0.25) is 0 Å². The molecule has 1 aromatic rings. The van der Waals surface area contributed by atoms with E-state index in [9.17, 15) is 0 Å². The lowest BCUT2D eigenvalue weighted by atomic mass is 9.91. The van der Waals surface area contributed by atoms with Crippen molar-refractivity contribution in [3.63, 3.8) is 0 Å². The highest BCUT2D eigenvalue weighted by molar-refractivity contribution is 5.36. The Morgan fingerprint density at radius 1 is 1.25 bits per heavy atom. The number of hydrogen-bond donors (Lipinski definition) is 2. The summed E-state index contributed by atoms with van der Waals surface area (Å²) in [7, 11) is 0. The van der Waals surface area contributed by atoms with E-state index in [0.717, 1.165) is 6.42 Å². The van der Waals surface area contributed by atoms with Gasteiger partial charge in [-0.2, -0.15) is 0 Å². The maximum Gasteiger partial charge on any atom is 0.0312 e. The van der Waals surface area contributed by atoms with Gasteiger partial charge in [-0.1, -0.05) is 18.2 Å². The summed E-state index contributed by atoms with van der Waals surface area (Å²) in [5.41, 5.74) is 16.2. The lowest BCUT2D eigenvalue weighted by molar-refractivity contribution is 0.429. The second kappa shape index (κ2) is 4.19. The van der Waals surface area contributed by atoms with Crippen LogP contribution in [0.5, 0.6) is 0 Å². The van der Waals surface area contributed by atoms with Crippen molar-refractivity contribution in [2.45, 2.75) is 51.1 Å². The summed E-state index contributed by atoms with van der Waals surface area (Å²) in [5.74, 6) is 0. The first-order valence-corrected chi connectivity index (χ1v) is 6.12. The predicted octanol–water partition coefficient (Wildman–Crippen LogP) is 2.30. The largest absolute Gasteiger partial charge is 0.325 e. The Balaban J connectivity index is 2.15. The van der Waals surface area contributed by atoms with Gasteiger partial charge in [-0.05, 0) is 56.2 Å². The minimum Gasteiger partial charge on any atom is -0.325 e. The smallest absolute Gasteiger partial charge is 0.0312 e. The molecule has 1 aromatic carbocycles. The average molecular weight is 218 g/mol. The van der Waals surface area contributed by atoms with Crippen molar-refractivity contribution in [3.05, 3.63) is 34.9 Å². The van der Waals surface area contributed by atoms with Crippen LogP contribution < -0.4 is 11.5 Å². The molecular formula is C14H22N2. The van der Waals surface area contributed by atoms with Gasteiger partial charge < -0.3 is 11.5 Å². The summed E-state index contributed by atoms with van der Waals surface area (Å²) in [4.78, 5) is 0. The molecule has 0 amide bonds. The summed E-state index contributed by atoms with van der Waals surface area (Å²) >= 11 is 0. The van der Waals surface area contributed by atoms with Gasteiger partial charge in [0.05, 0.1) is 0 Å². The molecule has 2 heteroatoms. The molecule has 0 spiro atoms. The zero-order valence-corrected chi connectivity index (χ0v) is 10.3. The number of rotatable bonds is 3. The third-order valence-electron chi connectivity index (χ3n) is 3.30. The Bertz CT molecular complexity index is 377. The molecule has 0 aromatic heterocycles. The fourth-order valence-corrected chi connectivity index (χ4v) is 2.51. The highest BCUT2D eigenvalue weighted by atomic mass is 14.7. The third kappa shape index (κ3) is 2.63. The monoisotopic (exact) mass is 218 g/mol. The zero-order chi connectivity index (χ0) is 11.8. The molecule has 1 atom stereocenters. The van der Waals surface area contributed by atoms with Gasteiger partial charge in [-0.15, -0.1) is 0 Å². The molecule has 1 aliphatic carbocycles. The van der Waals surface area contributed by atoms with Crippen LogP contribution in [0.1, 0.15) is 49.4 Å². The van der Waals surface area contributed by atoms with E-state index in [0.29, 0.717) is 0 Å². The van der Waals surface area contributed by atoms with E-state index in [2.05, 4.69) is 18.2 Å². The molecule has 1 unspecified atom stereocenters. The van der Waals surface area contributed by atoms with Crippen molar-refractivity contribution in [2.75, 3.05) is 0 Å². The first kappa shape index (κ1) is 11.6. The van der Waals surface area contributed by atoms with Crippen LogP contribution in [0.25, 0.3) is 0 Å². The third-order valence-corrected chi connectivity index (χ3v) is 3.30. The van der Waals surface area contributed by atoms with E-state index in [-0.39, 0.29) is 11.6 Å². The summed E-state index contributed by atoms with van der Waals surface area (Å²) in [6, 6.07) is 6.74. The van der Waals surface area contributed by atoms with Crippen LogP contribution in [-0.4, -0.2) is 5.54 Å². The quantitative estimate of drug-likeness (QED) is 0.818. The molecule has 0 fully saturated rings. The van der Waals surface area contributed by atoms with Gasteiger partial charge in [-0.25, -0.2) is 0 Å². The summed E-state index contributed by atoms with van der Waals surface area (Å²) in [6.07, 6.45) is 4.55. The number of benzene rings is 1.